The molecule has 0 aromatic carbocycles. The molecule has 0 saturated carbocycles. The Kier molecular flexibility index (Phi) is 4.54. The number of nitriles is 1. The Morgan fingerprint density at radius 1 is 1.60 bits per heavy atom. The Bertz CT molecular complexity index is 357. The Hall–Kier alpha value is -1.11. The number of nitrogens with zero attached hydrogens (tertiary/aromatic N) is 3. The van der Waals surface area contributed by atoms with Gasteiger partial charge in [0.1, 0.15) is 0 Å². The van der Waals surface area contributed by atoms with Crippen molar-refractivity contribution in [1.29, 1.82) is 5.26 Å². The summed E-state index contributed by atoms with van der Waals surface area (Å²) in [5.41, 5.74) is 1.01. The van der Waals surface area contributed by atoms with Crippen LogP contribution in [0.1, 0.15) is 19.4 Å². The highest BCUT2D eigenvalue weighted by atomic mass is 35.5. The lowest BCUT2D eigenvalue weighted by Gasteiger charge is -2.23. The minimum absolute atomic E-state index is 0.328. The van der Waals surface area contributed by atoms with Gasteiger partial charge >= 0.3 is 0 Å². The highest BCUT2D eigenvalue weighted by molar-refractivity contribution is 6.31. The van der Waals surface area contributed by atoms with E-state index >= 15 is 0 Å². The monoisotopic (exact) mass is 223 g/mol. The molecule has 3 nitrogen and oxygen atoms in total. The van der Waals surface area contributed by atoms with Crippen molar-refractivity contribution in [2.24, 2.45) is 0 Å². The molecule has 1 aromatic rings. The van der Waals surface area contributed by atoms with Crippen LogP contribution in [0.5, 0.6) is 0 Å². The van der Waals surface area contributed by atoms with E-state index < -0.39 is 0 Å². The highest BCUT2D eigenvalue weighted by Crippen LogP contribution is 2.16. The normalized spacial score (nSPS) is 10.7. The first-order valence-corrected chi connectivity index (χ1v) is 5.22. The van der Waals surface area contributed by atoms with E-state index in [-0.39, 0.29) is 0 Å². The Morgan fingerprint density at radius 3 is 2.87 bits per heavy atom. The van der Waals surface area contributed by atoms with E-state index in [9.17, 15) is 0 Å². The van der Waals surface area contributed by atoms with Gasteiger partial charge in [-0.1, -0.05) is 11.6 Å². The van der Waals surface area contributed by atoms with E-state index in [4.69, 9.17) is 16.9 Å². The fourth-order valence-corrected chi connectivity index (χ4v) is 1.44. The summed E-state index contributed by atoms with van der Waals surface area (Å²) < 4.78 is 0. The maximum atomic E-state index is 8.70. The van der Waals surface area contributed by atoms with E-state index in [1.165, 1.54) is 0 Å². The van der Waals surface area contributed by atoms with Crippen molar-refractivity contribution in [2.45, 2.75) is 26.4 Å². The quantitative estimate of drug-likeness (QED) is 0.737. The molecule has 0 N–H and O–H groups in total. The van der Waals surface area contributed by atoms with Gasteiger partial charge in [-0.25, -0.2) is 0 Å². The molecule has 15 heavy (non-hydrogen) atoms. The van der Waals surface area contributed by atoms with E-state index in [0.717, 1.165) is 5.56 Å². The number of aromatic nitrogens is 1. The second-order valence-electron chi connectivity index (χ2n) is 3.62. The third-order valence-electron chi connectivity index (χ3n) is 2.23. The SMILES string of the molecule is CC(C)N(CC#N)Cc1ccncc1Cl. The van der Waals surface area contributed by atoms with Gasteiger partial charge in [-0.15, -0.1) is 0 Å². The summed E-state index contributed by atoms with van der Waals surface area (Å²) in [5, 5.41) is 9.35. The van der Waals surface area contributed by atoms with Crippen molar-refractivity contribution < 1.29 is 0 Å². The summed E-state index contributed by atoms with van der Waals surface area (Å²) in [6, 6.07) is 4.37. The standard InChI is InChI=1S/C11H14ClN3/c1-9(2)15(6-4-13)8-10-3-5-14-7-11(10)12/h3,5,7,9H,6,8H2,1-2H3. The summed E-state index contributed by atoms with van der Waals surface area (Å²) in [4.78, 5) is 5.98. The van der Waals surface area contributed by atoms with Gasteiger partial charge in [-0.2, -0.15) is 5.26 Å². The minimum Gasteiger partial charge on any atom is -0.284 e. The van der Waals surface area contributed by atoms with Gasteiger partial charge in [0.2, 0.25) is 0 Å². The van der Waals surface area contributed by atoms with Crippen molar-refractivity contribution in [3.8, 4) is 6.07 Å². The smallest absolute Gasteiger partial charge is 0.0871 e. The zero-order valence-corrected chi connectivity index (χ0v) is 9.70. The van der Waals surface area contributed by atoms with Gasteiger partial charge < -0.3 is 0 Å². The number of hydrogen-bond acceptors (Lipinski definition) is 3. The molecule has 0 saturated heterocycles. The summed E-state index contributed by atoms with van der Waals surface area (Å²) in [6.07, 6.45) is 3.34. The topological polar surface area (TPSA) is 39.9 Å². The molecule has 0 aliphatic heterocycles. The molecule has 0 aliphatic rings. The van der Waals surface area contributed by atoms with Crippen LogP contribution in [0.3, 0.4) is 0 Å². The maximum Gasteiger partial charge on any atom is 0.0871 e. The molecule has 0 spiro atoms. The predicted octanol–water partition coefficient (Wildman–Crippen LogP) is 2.47. The molecule has 4 heteroatoms. The van der Waals surface area contributed by atoms with Crippen molar-refractivity contribution in [3.05, 3.63) is 29.0 Å². The van der Waals surface area contributed by atoms with Crippen LogP contribution < -0.4 is 0 Å². The van der Waals surface area contributed by atoms with Gasteiger partial charge in [-0.05, 0) is 25.5 Å². The Morgan fingerprint density at radius 2 is 2.33 bits per heavy atom. The number of halogens is 1. The number of pyridine rings is 1. The van der Waals surface area contributed by atoms with Crippen LogP contribution in [0, 0.1) is 11.3 Å². The zero-order chi connectivity index (χ0) is 11.3. The molecular weight excluding hydrogens is 210 g/mol. The maximum absolute atomic E-state index is 8.70. The molecule has 1 heterocycles. The number of rotatable bonds is 4. The van der Waals surface area contributed by atoms with Crippen LogP contribution in [-0.4, -0.2) is 22.5 Å². The van der Waals surface area contributed by atoms with Crippen LogP contribution in [0.25, 0.3) is 0 Å². The molecule has 1 aromatic heterocycles. The first-order valence-electron chi connectivity index (χ1n) is 4.84. The molecule has 0 unspecified atom stereocenters. The molecular formula is C11H14ClN3. The molecule has 0 amide bonds. The fraction of sp³-hybridized carbons (Fsp3) is 0.455. The predicted molar refractivity (Wildman–Crippen MR) is 60.4 cm³/mol. The van der Waals surface area contributed by atoms with Crippen molar-refractivity contribution in [3.63, 3.8) is 0 Å². The first kappa shape index (κ1) is 12.0. The van der Waals surface area contributed by atoms with Gasteiger partial charge in [-0.3, -0.25) is 9.88 Å². The van der Waals surface area contributed by atoms with Gasteiger partial charge in [0, 0.05) is 25.0 Å². The van der Waals surface area contributed by atoms with Crippen LogP contribution in [-0.2, 0) is 6.54 Å². The number of hydrogen-bond donors (Lipinski definition) is 0. The zero-order valence-electron chi connectivity index (χ0n) is 8.94. The van der Waals surface area contributed by atoms with Crippen LogP contribution in [0.15, 0.2) is 18.5 Å². The first-order chi connectivity index (χ1) is 7.15. The second-order valence-corrected chi connectivity index (χ2v) is 4.03. The molecule has 0 bridgehead atoms. The lowest BCUT2D eigenvalue weighted by atomic mass is 10.2. The van der Waals surface area contributed by atoms with E-state index in [1.54, 1.807) is 12.4 Å². The lowest BCUT2D eigenvalue weighted by molar-refractivity contribution is 0.240. The Labute approximate surface area is 95.3 Å². The van der Waals surface area contributed by atoms with Crippen molar-refractivity contribution in [1.82, 2.24) is 9.88 Å². The van der Waals surface area contributed by atoms with Gasteiger partial charge in [0.15, 0.2) is 0 Å². The minimum atomic E-state index is 0.328. The molecule has 0 fully saturated rings. The second kappa shape index (κ2) is 5.69. The lowest BCUT2D eigenvalue weighted by Crippen LogP contribution is -2.30. The van der Waals surface area contributed by atoms with Gasteiger partial charge in [0.25, 0.3) is 0 Å². The molecule has 0 aliphatic carbocycles. The van der Waals surface area contributed by atoms with Crippen molar-refractivity contribution in [2.75, 3.05) is 6.54 Å². The van der Waals surface area contributed by atoms with Crippen LogP contribution in [0.4, 0.5) is 0 Å². The summed E-state index contributed by atoms with van der Waals surface area (Å²) in [6.45, 7) is 5.22. The van der Waals surface area contributed by atoms with Crippen molar-refractivity contribution >= 4 is 11.6 Å². The largest absolute Gasteiger partial charge is 0.284 e. The average molecular weight is 224 g/mol. The fourth-order valence-electron chi connectivity index (χ4n) is 1.26. The van der Waals surface area contributed by atoms with Gasteiger partial charge in [0.05, 0.1) is 17.6 Å². The summed E-state index contributed by atoms with van der Waals surface area (Å²) >= 11 is 6.00. The molecule has 1 rings (SSSR count). The molecule has 0 atom stereocenters. The van der Waals surface area contributed by atoms with E-state index in [2.05, 4.69) is 29.8 Å². The third-order valence-corrected chi connectivity index (χ3v) is 2.57. The van der Waals surface area contributed by atoms with Crippen LogP contribution in [0.2, 0.25) is 5.02 Å². The van der Waals surface area contributed by atoms with Crippen LogP contribution >= 0.6 is 11.6 Å². The molecule has 80 valence electrons. The summed E-state index contributed by atoms with van der Waals surface area (Å²) in [7, 11) is 0. The average Bonchev–Trinajstić information content (AvgIpc) is 2.20. The third kappa shape index (κ3) is 3.50. The van der Waals surface area contributed by atoms with E-state index in [1.807, 2.05) is 6.07 Å². The molecule has 0 radical (unpaired) electrons. The van der Waals surface area contributed by atoms with E-state index in [0.29, 0.717) is 24.2 Å². The Balaban J connectivity index is 2.75. The summed E-state index contributed by atoms with van der Waals surface area (Å²) in [5.74, 6) is 0. The highest BCUT2D eigenvalue weighted by Gasteiger charge is 2.11.